The Hall–Kier alpha value is -1.38. The molecule has 0 N–H and O–H groups in total. The van der Waals surface area contributed by atoms with Crippen molar-refractivity contribution in [2.75, 3.05) is 7.11 Å². The van der Waals surface area contributed by atoms with Gasteiger partial charge in [-0.15, -0.1) is 0 Å². The fraction of sp³-hybridized carbons (Fsp3) is 0.300. The molecular weight excluding hydrogens is 171 g/mol. The van der Waals surface area contributed by atoms with Crippen LogP contribution in [-0.4, -0.2) is 13.4 Å². The molecule has 0 aromatic heterocycles. The highest BCUT2D eigenvalue weighted by Crippen LogP contribution is 2.20. The normalized spacial score (nSPS) is 9.69. The van der Waals surface area contributed by atoms with E-state index in [1.54, 1.807) is 6.07 Å². The Morgan fingerprint density at radius 3 is 2.92 bits per heavy atom. The molecule has 2 nitrogen and oxygen atoms in total. The molecule has 0 amide bonds. The van der Waals surface area contributed by atoms with Crippen LogP contribution in [0.5, 0.6) is 5.75 Å². The molecule has 1 aromatic rings. The van der Waals surface area contributed by atoms with E-state index >= 15 is 0 Å². The van der Waals surface area contributed by atoms with Gasteiger partial charge in [0.1, 0.15) is 17.9 Å². The van der Waals surface area contributed by atoms with Gasteiger partial charge in [-0.25, -0.2) is 4.39 Å². The van der Waals surface area contributed by atoms with Crippen LogP contribution in [0.25, 0.3) is 0 Å². The van der Waals surface area contributed by atoms with Crippen molar-refractivity contribution >= 4 is 6.29 Å². The van der Waals surface area contributed by atoms with Crippen LogP contribution in [0.4, 0.5) is 4.39 Å². The molecular formula is C10H11FO2. The van der Waals surface area contributed by atoms with Crippen LogP contribution in [0, 0.1) is 5.82 Å². The lowest BCUT2D eigenvalue weighted by Crippen LogP contribution is -1.93. The number of carbonyl (C=O) groups is 1. The summed E-state index contributed by atoms with van der Waals surface area (Å²) in [5.41, 5.74) is 0.857. The molecule has 1 rings (SSSR count). The zero-order valence-corrected chi connectivity index (χ0v) is 7.42. The van der Waals surface area contributed by atoms with E-state index in [-0.39, 0.29) is 5.82 Å². The summed E-state index contributed by atoms with van der Waals surface area (Å²) in [5.74, 6) is 0.175. The first-order chi connectivity index (χ1) is 6.27. The summed E-state index contributed by atoms with van der Waals surface area (Å²) in [4.78, 5) is 10.1. The Bertz CT molecular complexity index is 297. The van der Waals surface area contributed by atoms with Crippen molar-refractivity contribution in [2.24, 2.45) is 0 Å². The largest absolute Gasteiger partial charge is 0.496 e. The Morgan fingerprint density at radius 2 is 2.31 bits per heavy atom. The van der Waals surface area contributed by atoms with Crippen LogP contribution in [0.3, 0.4) is 0 Å². The van der Waals surface area contributed by atoms with Gasteiger partial charge >= 0.3 is 0 Å². The molecule has 1 aromatic carbocycles. The van der Waals surface area contributed by atoms with Crippen LogP contribution in [0.15, 0.2) is 18.2 Å². The lowest BCUT2D eigenvalue weighted by Gasteiger charge is -2.06. The molecule has 13 heavy (non-hydrogen) atoms. The second kappa shape index (κ2) is 4.60. The van der Waals surface area contributed by atoms with Gasteiger partial charge in [0.05, 0.1) is 7.11 Å². The third kappa shape index (κ3) is 2.54. The van der Waals surface area contributed by atoms with Crippen molar-refractivity contribution in [2.45, 2.75) is 12.8 Å². The minimum atomic E-state index is -0.327. The maximum Gasteiger partial charge on any atom is 0.126 e. The topological polar surface area (TPSA) is 26.3 Å². The van der Waals surface area contributed by atoms with Gasteiger partial charge in [0.2, 0.25) is 0 Å². The summed E-state index contributed by atoms with van der Waals surface area (Å²) in [5, 5.41) is 0. The van der Waals surface area contributed by atoms with E-state index in [2.05, 4.69) is 0 Å². The maximum atomic E-state index is 12.7. The van der Waals surface area contributed by atoms with Crippen molar-refractivity contribution in [3.05, 3.63) is 29.6 Å². The number of hydrogen-bond acceptors (Lipinski definition) is 2. The van der Waals surface area contributed by atoms with Gasteiger partial charge in [-0.05, 0) is 18.1 Å². The number of halogens is 1. The fourth-order valence-corrected chi connectivity index (χ4v) is 1.14. The number of carbonyl (C=O) groups excluding carboxylic acids is 1. The van der Waals surface area contributed by atoms with Gasteiger partial charge in [0.15, 0.2) is 0 Å². The quantitative estimate of drug-likeness (QED) is 0.665. The molecule has 0 radical (unpaired) electrons. The third-order valence-electron chi connectivity index (χ3n) is 1.78. The van der Waals surface area contributed by atoms with Crippen molar-refractivity contribution in [1.82, 2.24) is 0 Å². The molecule has 3 heteroatoms. The van der Waals surface area contributed by atoms with Gasteiger partial charge in [0.25, 0.3) is 0 Å². The van der Waals surface area contributed by atoms with E-state index in [1.165, 1.54) is 19.2 Å². The van der Waals surface area contributed by atoms with Crippen LogP contribution in [0.1, 0.15) is 12.0 Å². The van der Waals surface area contributed by atoms with E-state index in [9.17, 15) is 9.18 Å². The fourth-order valence-electron chi connectivity index (χ4n) is 1.14. The Morgan fingerprint density at radius 1 is 1.54 bits per heavy atom. The summed E-state index contributed by atoms with van der Waals surface area (Å²) in [6, 6.07) is 4.32. The van der Waals surface area contributed by atoms with E-state index in [4.69, 9.17) is 4.74 Å². The first-order valence-corrected chi connectivity index (χ1v) is 4.04. The Kier molecular flexibility index (Phi) is 3.43. The van der Waals surface area contributed by atoms with E-state index in [0.717, 1.165) is 11.8 Å². The summed E-state index contributed by atoms with van der Waals surface area (Å²) >= 11 is 0. The second-order valence-electron chi connectivity index (χ2n) is 2.66. The molecule has 0 aliphatic heterocycles. The highest BCUT2D eigenvalue weighted by molar-refractivity contribution is 5.50. The van der Waals surface area contributed by atoms with E-state index < -0.39 is 0 Å². The number of hydrogen-bond donors (Lipinski definition) is 0. The molecule has 0 heterocycles. The van der Waals surface area contributed by atoms with E-state index in [0.29, 0.717) is 18.6 Å². The predicted octanol–water partition coefficient (Wildman–Crippen LogP) is 1.97. The Balaban J connectivity index is 2.85. The number of rotatable bonds is 4. The van der Waals surface area contributed by atoms with Crippen molar-refractivity contribution < 1.29 is 13.9 Å². The molecule has 0 aliphatic rings. The minimum absolute atomic E-state index is 0.327. The van der Waals surface area contributed by atoms with Crippen LogP contribution in [-0.2, 0) is 11.2 Å². The van der Waals surface area contributed by atoms with Crippen LogP contribution < -0.4 is 4.74 Å². The molecule has 0 spiro atoms. The molecule has 0 atom stereocenters. The summed E-state index contributed by atoms with van der Waals surface area (Å²) in [6.45, 7) is 0. The zero-order chi connectivity index (χ0) is 9.68. The first-order valence-electron chi connectivity index (χ1n) is 4.04. The van der Waals surface area contributed by atoms with Crippen molar-refractivity contribution in [1.29, 1.82) is 0 Å². The van der Waals surface area contributed by atoms with E-state index in [1.807, 2.05) is 0 Å². The van der Waals surface area contributed by atoms with Gasteiger partial charge in [-0.1, -0.05) is 6.07 Å². The molecule has 0 bridgehead atoms. The lowest BCUT2D eigenvalue weighted by atomic mass is 10.1. The average molecular weight is 182 g/mol. The minimum Gasteiger partial charge on any atom is -0.496 e. The molecule has 0 saturated carbocycles. The number of benzene rings is 1. The molecule has 0 fully saturated rings. The standard InChI is InChI=1S/C10H11FO2/c1-13-10-7-9(11)5-4-8(10)3-2-6-12/h4-7H,2-3H2,1H3. The monoisotopic (exact) mass is 182 g/mol. The SMILES string of the molecule is COc1cc(F)ccc1CCC=O. The number of aryl methyl sites for hydroxylation is 1. The van der Waals surface area contributed by atoms with Gasteiger partial charge in [-0.3, -0.25) is 0 Å². The third-order valence-corrected chi connectivity index (χ3v) is 1.78. The maximum absolute atomic E-state index is 12.7. The van der Waals surface area contributed by atoms with Crippen molar-refractivity contribution in [3.63, 3.8) is 0 Å². The molecule has 0 unspecified atom stereocenters. The van der Waals surface area contributed by atoms with Crippen LogP contribution >= 0.6 is 0 Å². The average Bonchev–Trinajstić information content (AvgIpc) is 2.16. The summed E-state index contributed by atoms with van der Waals surface area (Å²) < 4.78 is 17.7. The van der Waals surface area contributed by atoms with Crippen molar-refractivity contribution in [3.8, 4) is 5.75 Å². The van der Waals surface area contributed by atoms with Crippen LogP contribution in [0.2, 0.25) is 0 Å². The molecule has 70 valence electrons. The number of aldehydes is 1. The second-order valence-corrected chi connectivity index (χ2v) is 2.66. The van der Waals surface area contributed by atoms with Gasteiger partial charge < -0.3 is 9.53 Å². The van der Waals surface area contributed by atoms with Gasteiger partial charge in [-0.2, -0.15) is 0 Å². The number of ether oxygens (including phenoxy) is 1. The van der Waals surface area contributed by atoms with Gasteiger partial charge in [0, 0.05) is 12.5 Å². The molecule has 0 saturated heterocycles. The first kappa shape index (κ1) is 9.71. The zero-order valence-electron chi connectivity index (χ0n) is 7.42. The lowest BCUT2D eigenvalue weighted by molar-refractivity contribution is -0.107. The highest BCUT2D eigenvalue weighted by Gasteiger charge is 2.03. The highest BCUT2D eigenvalue weighted by atomic mass is 19.1. The Labute approximate surface area is 76.3 Å². The predicted molar refractivity (Wildman–Crippen MR) is 47.3 cm³/mol. The summed E-state index contributed by atoms with van der Waals surface area (Å²) in [6.07, 6.45) is 1.86. The number of methoxy groups -OCH3 is 1. The summed E-state index contributed by atoms with van der Waals surface area (Å²) in [7, 11) is 1.49. The molecule has 0 aliphatic carbocycles. The smallest absolute Gasteiger partial charge is 0.126 e.